The molecule has 1 aromatic rings. The maximum Gasteiger partial charge on any atom is 0.225 e. The van der Waals surface area contributed by atoms with Crippen molar-refractivity contribution in [2.75, 3.05) is 24.5 Å². The smallest absolute Gasteiger partial charge is 0.225 e. The van der Waals surface area contributed by atoms with Gasteiger partial charge in [0.2, 0.25) is 5.91 Å². The molecule has 96 valence electrons. The molecular formula is C15H20N2O. The Morgan fingerprint density at radius 1 is 1.28 bits per heavy atom. The summed E-state index contributed by atoms with van der Waals surface area (Å²) in [4.78, 5) is 16.6. The van der Waals surface area contributed by atoms with Crippen LogP contribution in [0.25, 0.3) is 0 Å². The van der Waals surface area contributed by atoms with Crippen LogP contribution in [0.15, 0.2) is 24.3 Å². The first-order valence-electron chi connectivity index (χ1n) is 6.80. The van der Waals surface area contributed by atoms with Gasteiger partial charge in [0.1, 0.15) is 0 Å². The molecule has 0 spiro atoms. The lowest BCUT2D eigenvalue weighted by Gasteiger charge is -2.39. The van der Waals surface area contributed by atoms with Gasteiger partial charge in [0.25, 0.3) is 0 Å². The Balaban J connectivity index is 1.77. The molecule has 3 nitrogen and oxygen atoms in total. The number of amides is 1. The summed E-state index contributed by atoms with van der Waals surface area (Å²) in [6, 6.07) is 9.11. The molecule has 1 amide bonds. The number of rotatable bonds is 1. The first-order chi connectivity index (χ1) is 8.66. The minimum atomic E-state index is 0.111. The summed E-state index contributed by atoms with van der Waals surface area (Å²) in [5.74, 6) is 0.408. The molecule has 1 aromatic carbocycles. The van der Waals surface area contributed by atoms with Gasteiger partial charge in [0.15, 0.2) is 0 Å². The van der Waals surface area contributed by atoms with Crippen LogP contribution in [-0.2, 0) is 11.2 Å². The third kappa shape index (κ3) is 1.78. The highest BCUT2D eigenvalue weighted by molar-refractivity contribution is 5.78. The average molecular weight is 244 g/mol. The fourth-order valence-electron chi connectivity index (χ4n) is 3.13. The minimum absolute atomic E-state index is 0.111. The van der Waals surface area contributed by atoms with Crippen molar-refractivity contribution in [3.8, 4) is 0 Å². The Hall–Kier alpha value is -1.51. The zero-order valence-electron chi connectivity index (χ0n) is 11.1. The second-order valence-electron chi connectivity index (χ2n) is 5.62. The Morgan fingerprint density at radius 3 is 2.83 bits per heavy atom. The average Bonchev–Trinajstić information content (AvgIpc) is 2.75. The highest BCUT2D eigenvalue weighted by Gasteiger charge is 2.35. The molecule has 0 bridgehead atoms. The molecule has 2 aliphatic rings. The van der Waals surface area contributed by atoms with Crippen LogP contribution in [-0.4, -0.2) is 36.5 Å². The molecule has 0 N–H and O–H groups in total. The molecule has 0 aromatic heterocycles. The van der Waals surface area contributed by atoms with Gasteiger partial charge in [-0.25, -0.2) is 0 Å². The SMILES string of the molecule is CC(C)C(=O)N1CCN2c3ccccc3CC2C1. The van der Waals surface area contributed by atoms with Crippen LogP contribution in [0, 0.1) is 5.92 Å². The van der Waals surface area contributed by atoms with E-state index < -0.39 is 0 Å². The third-order valence-electron chi connectivity index (χ3n) is 4.04. The van der Waals surface area contributed by atoms with Crippen molar-refractivity contribution in [2.45, 2.75) is 26.3 Å². The zero-order valence-corrected chi connectivity index (χ0v) is 11.1. The lowest BCUT2D eigenvalue weighted by molar-refractivity contribution is -0.135. The van der Waals surface area contributed by atoms with Gasteiger partial charge in [0, 0.05) is 31.2 Å². The second kappa shape index (κ2) is 4.30. The fourth-order valence-corrected chi connectivity index (χ4v) is 3.13. The molecule has 18 heavy (non-hydrogen) atoms. The highest BCUT2D eigenvalue weighted by atomic mass is 16.2. The lowest BCUT2D eigenvalue weighted by Crippen LogP contribution is -2.54. The second-order valence-corrected chi connectivity index (χ2v) is 5.62. The summed E-state index contributed by atoms with van der Waals surface area (Å²) < 4.78 is 0. The van der Waals surface area contributed by atoms with Crippen molar-refractivity contribution in [3.63, 3.8) is 0 Å². The van der Waals surface area contributed by atoms with Gasteiger partial charge in [-0.3, -0.25) is 4.79 Å². The van der Waals surface area contributed by atoms with Crippen LogP contribution in [0.5, 0.6) is 0 Å². The Bertz CT molecular complexity index is 469. The van der Waals surface area contributed by atoms with E-state index in [1.165, 1.54) is 11.3 Å². The van der Waals surface area contributed by atoms with Crippen LogP contribution in [0.2, 0.25) is 0 Å². The maximum absolute atomic E-state index is 12.1. The molecule has 3 rings (SSSR count). The van der Waals surface area contributed by atoms with Gasteiger partial charge in [0.05, 0.1) is 6.04 Å². The van der Waals surface area contributed by atoms with E-state index in [1.54, 1.807) is 0 Å². The summed E-state index contributed by atoms with van der Waals surface area (Å²) in [5, 5.41) is 0. The largest absolute Gasteiger partial charge is 0.364 e. The van der Waals surface area contributed by atoms with Gasteiger partial charge in [-0.15, -0.1) is 0 Å². The number of nitrogens with zero attached hydrogens (tertiary/aromatic N) is 2. The number of hydrogen-bond acceptors (Lipinski definition) is 2. The number of carbonyl (C=O) groups is 1. The van der Waals surface area contributed by atoms with Gasteiger partial charge in [-0.2, -0.15) is 0 Å². The maximum atomic E-state index is 12.1. The van der Waals surface area contributed by atoms with Crippen molar-refractivity contribution in [2.24, 2.45) is 5.92 Å². The van der Waals surface area contributed by atoms with E-state index in [9.17, 15) is 4.79 Å². The predicted molar refractivity (Wildman–Crippen MR) is 72.7 cm³/mol. The van der Waals surface area contributed by atoms with E-state index in [0.29, 0.717) is 11.9 Å². The highest BCUT2D eigenvalue weighted by Crippen LogP contribution is 2.33. The van der Waals surface area contributed by atoms with Gasteiger partial charge in [-0.05, 0) is 18.1 Å². The molecule has 3 heteroatoms. The molecule has 1 atom stereocenters. The van der Waals surface area contributed by atoms with E-state index in [4.69, 9.17) is 0 Å². The van der Waals surface area contributed by atoms with E-state index in [1.807, 2.05) is 18.7 Å². The summed E-state index contributed by atoms with van der Waals surface area (Å²) in [6.45, 7) is 6.68. The minimum Gasteiger partial charge on any atom is -0.364 e. The molecule has 2 heterocycles. The van der Waals surface area contributed by atoms with Gasteiger partial charge in [-0.1, -0.05) is 32.0 Å². The van der Waals surface area contributed by atoms with E-state index in [2.05, 4.69) is 29.2 Å². The Morgan fingerprint density at radius 2 is 2.06 bits per heavy atom. The first-order valence-corrected chi connectivity index (χ1v) is 6.80. The summed E-state index contributed by atoms with van der Waals surface area (Å²) >= 11 is 0. The van der Waals surface area contributed by atoms with Crippen LogP contribution in [0.1, 0.15) is 19.4 Å². The number of benzene rings is 1. The molecule has 1 unspecified atom stereocenters. The molecular weight excluding hydrogens is 224 g/mol. The molecule has 0 aliphatic carbocycles. The van der Waals surface area contributed by atoms with Crippen LogP contribution < -0.4 is 4.90 Å². The molecule has 2 aliphatic heterocycles. The van der Waals surface area contributed by atoms with E-state index in [0.717, 1.165) is 26.1 Å². The number of para-hydroxylation sites is 1. The zero-order chi connectivity index (χ0) is 12.7. The number of anilines is 1. The quantitative estimate of drug-likeness (QED) is 0.753. The van der Waals surface area contributed by atoms with Crippen molar-refractivity contribution in [3.05, 3.63) is 29.8 Å². The van der Waals surface area contributed by atoms with Crippen LogP contribution >= 0.6 is 0 Å². The van der Waals surface area contributed by atoms with Crippen LogP contribution in [0.3, 0.4) is 0 Å². The van der Waals surface area contributed by atoms with Gasteiger partial charge >= 0.3 is 0 Å². The Kier molecular flexibility index (Phi) is 2.77. The molecule has 1 saturated heterocycles. The van der Waals surface area contributed by atoms with Crippen molar-refractivity contribution < 1.29 is 4.79 Å². The van der Waals surface area contributed by atoms with E-state index in [-0.39, 0.29) is 5.92 Å². The molecule has 0 saturated carbocycles. The molecule has 1 fully saturated rings. The summed E-state index contributed by atoms with van der Waals surface area (Å²) in [7, 11) is 0. The number of fused-ring (bicyclic) bond motifs is 3. The lowest BCUT2D eigenvalue weighted by atomic mass is 10.1. The Labute approximate surface area is 108 Å². The normalized spacial score (nSPS) is 22.1. The first kappa shape index (κ1) is 11.6. The fraction of sp³-hybridized carbons (Fsp3) is 0.533. The number of piperazine rings is 1. The predicted octanol–water partition coefficient (Wildman–Crippen LogP) is 1.92. The number of hydrogen-bond donors (Lipinski definition) is 0. The topological polar surface area (TPSA) is 23.6 Å². The standard InChI is InChI=1S/C15H20N2O/c1-11(2)15(18)16-7-8-17-13(10-16)9-12-5-3-4-6-14(12)17/h3-6,11,13H,7-10H2,1-2H3. The van der Waals surface area contributed by atoms with Crippen LogP contribution in [0.4, 0.5) is 5.69 Å². The molecule has 0 radical (unpaired) electrons. The van der Waals surface area contributed by atoms with Gasteiger partial charge < -0.3 is 9.80 Å². The van der Waals surface area contributed by atoms with Crippen molar-refractivity contribution in [1.82, 2.24) is 4.90 Å². The van der Waals surface area contributed by atoms with E-state index >= 15 is 0 Å². The monoisotopic (exact) mass is 244 g/mol. The van der Waals surface area contributed by atoms with Crippen molar-refractivity contribution >= 4 is 11.6 Å². The van der Waals surface area contributed by atoms with Crippen molar-refractivity contribution in [1.29, 1.82) is 0 Å². The summed E-state index contributed by atoms with van der Waals surface area (Å²) in [6.07, 6.45) is 1.08. The number of carbonyl (C=O) groups excluding carboxylic acids is 1. The summed E-state index contributed by atoms with van der Waals surface area (Å²) in [5.41, 5.74) is 2.81. The third-order valence-corrected chi connectivity index (χ3v) is 4.04.